The highest BCUT2D eigenvalue weighted by atomic mass is 16.5. The Kier molecular flexibility index (Phi) is 4.97. The van der Waals surface area contributed by atoms with E-state index in [-0.39, 0.29) is 5.75 Å². The van der Waals surface area contributed by atoms with Crippen molar-refractivity contribution >= 4 is 11.0 Å². The van der Waals surface area contributed by atoms with E-state index in [4.69, 9.17) is 9.15 Å². The Morgan fingerprint density at radius 3 is 2.56 bits per heavy atom. The van der Waals surface area contributed by atoms with Gasteiger partial charge in [-0.05, 0) is 29.2 Å². The molecule has 1 aromatic heterocycles. The second kappa shape index (κ2) is 7.55. The van der Waals surface area contributed by atoms with E-state index in [2.05, 4.69) is 0 Å². The number of aryl methyl sites for hydroxylation is 1. The molecule has 2 N–H and O–H groups in total. The van der Waals surface area contributed by atoms with Gasteiger partial charge < -0.3 is 19.2 Å². The predicted molar refractivity (Wildman–Crippen MR) is 104 cm³/mol. The Bertz CT molecular complexity index is 1000. The minimum Gasteiger partial charge on any atom is -0.507 e. The first-order valence-corrected chi connectivity index (χ1v) is 9.45. The van der Waals surface area contributed by atoms with Gasteiger partial charge in [-0.15, -0.1) is 0 Å². The lowest BCUT2D eigenvalue weighted by Crippen LogP contribution is -3.12. The summed E-state index contributed by atoms with van der Waals surface area (Å²) in [6.45, 7) is 5.80. The lowest BCUT2D eigenvalue weighted by molar-refractivity contribution is -0.921. The van der Waals surface area contributed by atoms with Gasteiger partial charge in [0.05, 0.1) is 18.8 Å². The van der Waals surface area contributed by atoms with Crippen LogP contribution < -0.4 is 10.5 Å². The Morgan fingerprint density at radius 2 is 1.85 bits per heavy atom. The third kappa shape index (κ3) is 3.48. The second-order valence-corrected chi connectivity index (χ2v) is 6.98. The lowest BCUT2D eigenvalue weighted by atomic mass is 9.96. The smallest absolute Gasteiger partial charge is 0.336 e. The van der Waals surface area contributed by atoms with Crippen molar-refractivity contribution in [3.63, 3.8) is 0 Å². The molecular formula is C22H24NO4+. The topological polar surface area (TPSA) is 64.1 Å². The number of benzene rings is 2. The molecule has 3 aromatic rings. The normalized spacial score (nSPS) is 15.3. The summed E-state index contributed by atoms with van der Waals surface area (Å²) in [5.41, 5.74) is 3.49. The van der Waals surface area contributed by atoms with E-state index in [1.54, 1.807) is 6.07 Å². The maximum absolute atomic E-state index is 12.3. The van der Waals surface area contributed by atoms with E-state index in [0.717, 1.165) is 40.7 Å². The van der Waals surface area contributed by atoms with Crippen molar-refractivity contribution in [2.75, 3.05) is 26.3 Å². The van der Waals surface area contributed by atoms with Crippen LogP contribution in [0.2, 0.25) is 0 Å². The minimum absolute atomic E-state index is 0.248. The van der Waals surface area contributed by atoms with Crippen molar-refractivity contribution in [3.05, 3.63) is 64.0 Å². The van der Waals surface area contributed by atoms with Crippen LogP contribution >= 0.6 is 0 Å². The molecule has 2 aromatic carbocycles. The molecule has 2 heterocycles. The molecule has 140 valence electrons. The second-order valence-electron chi connectivity index (χ2n) is 6.98. The van der Waals surface area contributed by atoms with Gasteiger partial charge in [0, 0.05) is 11.5 Å². The van der Waals surface area contributed by atoms with Crippen molar-refractivity contribution < 1.29 is 19.2 Å². The van der Waals surface area contributed by atoms with Crippen LogP contribution in [0.5, 0.6) is 5.75 Å². The number of aromatic hydroxyl groups is 1. The van der Waals surface area contributed by atoms with Crippen molar-refractivity contribution in [2.45, 2.75) is 19.9 Å². The molecule has 27 heavy (non-hydrogen) atoms. The van der Waals surface area contributed by atoms with Gasteiger partial charge in [-0.25, -0.2) is 4.79 Å². The first-order valence-electron chi connectivity index (χ1n) is 9.45. The molecule has 0 spiro atoms. The summed E-state index contributed by atoms with van der Waals surface area (Å²) in [6, 6.07) is 13.3. The zero-order valence-electron chi connectivity index (χ0n) is 15.5. The van der Waals surface area contributed by atoms with Crippen molar-refractivity contribution in [3.8, 4) is 16.9 Å². The molecule has 0 aliphatic carbocycles. The number of ether oxygens (including phenoxy) is 1. The molecule has 1 fully saturated rings. The standard InChI is InChI=1S/C22H23NO4/c1-2-15-12-18-17(16-6-4-3-5-7-16)13-20(24)27-22(18)19(21(15)25)14-23-8-10-26-11-9-23/h3-7,12-13,25H,2,8-11,14H2,1H3/p+1. The molecule has 4 rings (SSSR count). The van der Waals surface area contributed by atoms with Crippen LogP contribution in [-0.4, -0.2) is 31.4 Å². The summed E-state index contributed by atoms with van der Waals surface area (Å²) < 4.78 is 11.1. The number of phenols is 1. The fourth-order valence-electron chi connectivity index (χ4n) is 3.79. The molecule has 0 atom stereocenters. The molecular weight excluding hydrogens is 342 g/mol. The molecule has 0 saturated carbocycles. The minimum atomic E-state index is -0.400. The van der Waals surface area contributed by atoms with Crippen LogP contribution in [-0.2, 0) is 17.7 Å². The maximum atomic E-state index is 12.3. The van der Waals surface area contributed by atoms with Crippen molar-refractivity contribution in [2.24, 2.45) is 0 Å². The SMILES string of the molecule is CCc1cc2c(-c3ccccc3)cc(=O)oc2c(C[NH+]2CCOCC2)c1O. The highest BCUT2D eigenvalue weighted by molar-refractivity contribution is 5.96. The summed E-state index contributed by atoms with van der Waals surface area (Å²) in [6.07, 6.45) is 0.709. The highest BCUT2D eigenvalue weighted by Gasteiger charge is 2.23. The number of hydrogen-bond acceptors (Lipinski definition) is 4. The zero-order chi connectivity index (χ0) is 18.8. The monoisotopic (exact) mass is 366 g/mol. The van der Waals surface area contributed by atoms with Crippen LogP contribution in [0.3, 0.4) is 0 Å². The number of quaternary nitrogens is 1. The largest absolute Gasteiger partial charge is 0.507 e. The van der Waals surface area contributed by atoms with E-state index < -0.39 is 5.63 Å². The number of hydrogen-bond donors (Lipinski definition) is 2. The number of phenolic OH excluding ortho intramolecular Hbond substituents is 1. The molecule has 0 bridgehead atoms. The van der Waals surface area contributed by atoms with Gasteiger partial charge in [-0.2, -0.15) is 0 Å². The van der Waals surface area contributed by atoms with Gasteiger partial charge in [0.25, 0.3) is 0 Å². The number of morpholine rings is 1. The molecule has 0 unspecified atom stereocenters. The third-order valence-corrected chi connectivity index (χ3v) is 5.27. The van der Waals surface area contributed by atoms with Gasteiger partial charge in [0.1, 0.15) is 25.4 Å². The summed E-state index contributed by atoms with van der Waals surface area (Å²) in [5, 5.41) is 11.7. The average Bonchev–Trinajstić information content (AvgIpc) is 2.71. The van der Waals surface area contributed by atoms with Crippen LogP contribution in [0, 0.1) is 0 Å². The molecule has 1 saturated heterocycles. The van der Waals surface area contributed by atoms with Crippen LogP contribution in [0.25, 0.3) is 22.1 Å². The summed E-state index contributed by atoms with van der Waals surface area (Å²) in [5.74, 6) is 0.248. The average molecular weight is 366 g/mol. The molecule has 1 aliphatic heterocycles. The van der Waals surface area contributed by atoms with E-state index in [1.165, 1.54) is 4.90 Å². The van der Waals surface area contributed by atoms with Crippen LogP contribution in [0.4, 0.5) is 0 Å². The third-order valence-electron chi connectivity index (χ3n) is 5.27. The van der Waals surface area contributed by atoms with Crippen molar-refractivity contribution in [1.82, 2.24) is 0 Å². The van der Waals surface area contributed by atoms with E-state index in [0.29, 0.717) is 31.8 Å². The first kappa shape index (κ1) is 17.8. The van der Waals surface area contributed by atoms with Gasteiger partial charge in [-0.1, -0.05) is 37.3 Å². The molecule has 5 nitrogen and oxygen atoms in total. The van der Waals surface area contributed by atoms with Crippen LogP contribution in [0.15, 0.2) is 51.7 Å². The first-order chi connectivity index (χ1) is 13.2. The van der Waals surface area contributed by atoms with Crippen molar-refractivity contribution in [1.29, 1.82) is 0 Å². The van der Waals surface area contributed by atoms with E-state index in [9.17, 15) is 9.90 Å². The van der Waals surface area contributed by atoms with Gasteiger partial charge in [0.2, 0.25) is 0 Å². The number of fused-ring (bicyclic) bond motifs is 1. The van der Waals surface area contributed by atoms with E-state index >= 15 is 0 Å². The van der Waals surface area contributed by atoms with Gasteiger partial charge in [-0.3, -0.25) is 0 Å². The van der Waals surface area contributed by atoms with Crippen LogP contribution in [0.1, 0.15) is 18.1 Å². The fraction of sp³-hybridized carbons (Fsp3) is 0.318. The quantitative estimate of drug-likeness (QED) is 0.695. The van der Waals surface area contributed by atoms with Gasteiger partial charge >= 0.3 is 5.63 Å². The number of nitrogens with one attached hydrogen (secondary N) is 1. The molecule has 0 amide bonds. The molecule has 1 aliphatic rings. The summed E-state index contributed by atoms with van der Waals surface area (Å²) >= 11 is 0. The predicted octanol–water partition coefficient (Wildman–Crippen LogP) is 2.14. The summed E-state index contributed by atoms with van der Waals surface area (Å²) in [7, 11) is 0. The van der Waals surface area contributed by atoms with E-state index in [1.807, 2.05) is 43.3 Å². The molecule has 0 radical (unpaired) electrons. The lowest BCUT2D eigenvalue weighted by Gasteiger charge is -2.25. The highest BCUT2D eigenvalue weighted by Crippen LogP contribution is 2.35. The molecule has 5 heteroatoms. The Balaban J connectivity index is 1.94. The van der Waals surface area contributed by atoms with Gasteiger partial charge in [0.15, 0.2) is 5.58 Å². The fourth-order valence-corrected chi connectivity index (χ4v) is 3.79. The zero-order valence-corrected chi connectivity index (χ0v) is 15.5. The Hall–Kier alpha value is -2.63. The Labute approximate surface area is 157 Å². The Morgan fingerprint density at radius 1 is 1.11 bits per heavy atom. The maximum Gasteiger partial charge on any atom is 0.336 e. The number of rotatable bonds is 4. The summed E-state index contributed by atoms with van der Waals surface area (Å²) in [4.78, 5) is 13.6.